The highest BCUT2D eigenvalue weighted by atomic mass is 32.2. The molecule has 0 saturated carbocycles. The SMILES string of the molecule is NCCN1C(=O)S/C(=C/c2ccccc2)C1=O. The highest BCUT2D eigenvalue weighted by Crippen LogP contribution is 2.31. The fourth-order valence-electron chi connectivity index (χ4n) is 1.52. The molecule has 17 heavy (non-hydrogen) atoms. The second-order valence-electron chi connectivity index (χ2n) is 3.53. The Hall–Kier alpha value is -1.59. The van der Waals surface area contributed by atoms with Gasteiger partial charge in [-0.25, -0.2) is 0 Å². The van der Waals surface area contributed by atoms with Crippen LogP contribution in [-0.4, -0.2) is 29.1 Å². The van der Waals surface area contributed by atoms with E-state index in [1.807, 2.05) is 30.3 Å². The van der Waals surface area contributed by atoms with Gasteiger partial charge < -0.3 is 5.73 Å². The largest absolute Gasteiger partial charge is 0.329 e. The van der Waals surface area contributed by atoms with Crippen LogP contribution in [-0.2, 0) is 4.79 Å². The van der Waals surface area contributed by atoms with Gasteiger partial charge >= 0.3 is 0 Å². The predicted octanol–water partition coefficient (Wildman–Crippen LogP) is 1.68. The minimum Gasteiger partial charge on any atom is -0.329 e. The Morgan fingerprint density at radius 2 is 1.94 bits per heavy atom. The number of nitrogens with zero attached hydrogens (tertiary/aromatic N) is 1. The molecular formula is C12H12N2O2S. The minimum absolute atomic E-state index is 0.248. The summed E-state index contributed by atoms with van der Waals surface area (Å²) in [5.41, 5.74) is 6.26. The lowest BCUT2D eigenvalue weighted by Gasteiger charge is -2.09. The molecule has 0 radical (unpaired) electrons. The molecule has 4 nitrogen and oxygen atoms in total. The third kappa shape index (κ3) is 2.57. The number of hydrogen-bond donors (Lipinski definition) is 1. The van der Waals surface area contributed by atoms with E-state index in [0.717, 1.165) is 17.3 Å². The molecule has 1 saturated heterocycles. The Morgan fingerprint density at radius 1 is 1.24 bits per heavy atom. The van der Waals surface area contributed by atoms with E-state index in [2.05, 4.69) is 0 Å². The predicted molar refractivity (Wildman–Crippen MR) is 68.2 cm³/mol. The van der Waals surface area contributed by atoms with Gasteiger partial charge in [0.15, 0.2) is 0 Å². The molecule has 88 valence electrons. The van der Waals surface area contributed by atoms with E-state index in [9.17, 15) is 9.59 Å². The number of imide groups is 1. The second kappa shape index (κ2) is 5.16. The summed E-state index contributed by atoms with van der Waals surface area (Å²) in [5, 5.41) is -0.248. The number of rotatable bonds is 3. The van der Waals surface area contributed by atoms with Gasteiger partial charge in [0.1, 0.15) is 0 Å². The van der Waals surface area contributed by atoms with Gasteiger partial charge in [-0.3, -0.25) is 14.5 Å². The maximum atomic E-state index is 11.9. The van der Waals surface area contributed by atoms with Crippen molar-refractivity contribution in [2.45, 2.75) is 0 Å². The normalized spacial score (nSPS) is 18.2. The van der Waals surface area contributed by atoms with Crippen molar-refractivity contribution in [3.8, 4) is 0 Å². The molecule has 0 aliphatic carbocycles. The number of thioether (sulfide) groups is 1. The van der Waals surface area contributed by atoms with Gasteiger partial charge in [0.25, 0.3) is 11.1 Å². The van der Waals surface area contributed by atoms with Gasteiger partial charge in [0.05, 0.1) is 4.91 Å². The summed E-state index contributed by atoms with van der Waals surface area (Å²) in [7, 11) is 0. The summed E-state index contributed by atoms with van der Waals surface area (Å²) in [5.74, 6) is -0.255. The van der Waals surface area contributed by atoms with Crippen LogP contribution in [0.1, 0.15) is 5.56 Å². The molecule has 5 heteroatoms. The van der Waals surface area contributed by atoms with Crippen LogP contribution >= 0.6 is 11.8 Å². The fourth-order valence-corrected chi connectivity index (χ4v) is 2.39. The van der Waals surface area contributed by atoms with E-state index in [1.54, 1.807) is 6.08 Å². The summed E-state index contributed by atoms with van der Waals surface area (Å²) in [4.78, 5) is 25.1. The lowest BCUT2D eigenvalue weighted by molar-refractivity contribution is -0.122. The van der Waals surface area contributed by atoms with Crippen molar-refractivity contribution in [2.24, 2.45) is 5.73 Å². The highest BCUT2D eigenvalue weighted by molar-refractivity contribution is 8.18. The first-order valence-electron chi connectivity index (χ1n) is 5.23. The average Bonchev–Trinajstić information content (AvgIpc) is 2.59. The highest BCUT2D eigenvalue weighted by Gasteiger charge is 2.34. The van der Waals surface area contributed by atoms with Crippen LogP contribution in [0.2, 0.25) is 0 Å². The van der Waals surface area contributed by atoms with Gasteiger partial charge in [-0.15, -0.1) is 0 Å². The van der Waals surface area contributed by atoms with E-state index in [4.69, 9.17) is 5.73 Å². The number of amides is 2. The first-order valence-corrected chi connectivity index (χ1v) is 6.04. The van der Waals surface area contributed by atoms with E-state index < -0.39 is 0 Å². The summed E-state index contributed by atoms with van der Waals surface area (Å²) >= 11 is 0.960. The van der Waals surface area contributed by atoms with Gasteiger partial charge in [-0.05, 0) is 23.4 Å². The summed E-state index contributed by atoms with van der Waals surface area (Å²) < 4.78 is 0. The zero-order chi connectivity index (χ0) is 12.3. The monoisotopic (exact) mass is 248 g/mol. The number of carbonyl (C=O) groups excluding carboxylic acids is 2. The van der Waals surface area contributed by atoms with Crippen LogP contribution in [0.3, 0.4) is 0 Å². The Balaban J connectivity index is 2.22. The molecule has 2 amide bonds. The van der Waals surface area contributed by atoms with Crippen LogP contribution in [0.4, 0.5) is 4.79 Å². The van der Waals surface area contributed by atoms with Gasteiger partial charge in [0, 0.05) is 13.1 Å². The van der Waals surface area contributed by atoms with Crippen LogP contribution < -0.4 is 5.73 Å². The number of carbonyl (C=O) groups is 2. The number of nitrogens with two attached hydrogens (primary N) is 1. The third-order valence-corrected chi connectivity index (χ3v) is 3.23. The molecule has 0 unspecified atom stereocenters. The Morgan fingerprint density at radius 3 is 2.59 bits per heavy atom. The fraction of sp³-hybridized carbons (Fsp3) is 0.167. The maximum absolute atomic E-state index is 11.9. The molecule has 1 aromatic carbocycles. The Bertz CT molecular complexity index is 471. The van der Waals surface area contributed by atoms with Crippen molar-refractivity contribution in [3.63, 3.8) is 0 Å². The van der Waals surface area contributed by atoms with Crippen LogP contribution in [0.15, 0.2) is 35.2 Å². The lowest BCUT2D eigenvalue weighted by Crippen LogP contribution is -2.33. The topological polar surface area (TPSA) is 63.4 Å². The summed E-state index contributed by atoms with van der Waals surface area (Å²) in [6.45, 7) is 0.563. The van der Waals surface area contributed by atoms with Crippen molar-refractivity contribution in [1.82, 2.24) is 4.90 Å². The second-order valence-corrected chi connectivity index (χ2v) is 4.53. The van der Waals surface area contributed by atoms with Crippen molar-refractivity contribution in [1.29, 1.82) is 0 Å². The lowest BCUT2D eigenvalue weighted by atomic mass is 10.2. The van der Waals surface area contributed by atoms with E-state index >= 15 is 0 Å². The Kier molecular flexibility index (Phi) is 3.61. The molecular weight excluding hydrogens is 236 g/mol. The number of hydrogen-bond acceptors (Lipinski definition) is 4. The molecule has 1 fully saturated rings. The first kappa shape index (κ1) is 11.9. The molecule has 0 atom stereocenters. The Labute approximate surface area is 103 Å². The van der Waals surface area contributed by atoms with Crippen LogP contribution in [0.25, 0.3) is 6.08 Å². The molecule has 0 bridgehead atoms. The van der Waals surface area contributed by atoms with Gasteiger partial charge in [0.2, 0.25) is 0 Å². The zero-order valence-corrected chi connectivity index (χ0v) is 9.94. The minimum atomic E-state index is -0.255. The molecule has 2 rings (SSSR count). The average molecular weight is 248 g/mol. The smallest absolute Gasteiger partial charge is 0.293 e. The van der Waals surface area contributed by atoms with Gasteiger partial charge in [-0.1, -0.05) is 30.3 Å². The van der Waals surface area contributed by atoms with Crippen molar-refractivity contribution in [3.05, 3.63) is 40.8 Å². The van der Waals surface area contributed by atoms with Crippen LogP contribution in [0, 0.1) is 0 Å². The molecule has 2 N–H and O–H groups in total. The summed E-state index contributed by atoms with van der Waals surface area (Å²) in [6.07, 6.45) is 1.72. The standard InChI is InChI=1S/C12H12N2O2S/c13-6-7-14-11(15)10(17-12(14)16)8-9-4-2-1-3-5-9/h1-5,8H,6-7,13H2/b10-8+. The molecule has 1 heterocycles. The van der Waals surface area contributed by atoms with Crippen molar-refractivity contribution < 1.29 is 9.59 Å². The van der Waals surface area contributed by atoms with Crippen molar-refractivity contribution >= 4 is 29.0 Å². The zero-order valence-electron chi connectivity index (χ0n) is 9.13. The van der Waals surface area contributed by atoms with Crippen molar-refractivity contribution in [2.75, 3.05) is 13.1 Å². The van der Waals surface area contributed by atoms with Gasteiger partial charge in [-0.2, -0.15) is 0 Å². The molecule has 0 spiro atoms. The first-order chi connectivity index (χ1) is 8.22. The molecule has 1 aliphatic rings. The third-order valence-electron chi connectivity index (χ3n) is 2.32. The maximum Gasteiger partial charge on any atom is 0.293 e. The number of benzene rings is 1. The van der Waals surface area contributed by atoms with E-state index in [-0.39, 0.29) is 24.2 Å². The van der Waals surface area contributed by atoms with Crippen LogP contribution in [0.5, 0.6) is 0 Å². The molecule has 0 aromatic heterocycles. The van der Waals surface area contributed by atoms with E-state index in [0.29, 0.717) is 4.91 Å². The molecule has 1 aromatic rings. The molecule has 1 aliphatic heterocycles. The quantitative estimate of drug-likeness (QED) is 0.827. The van der Waals surface area contributed by atoms with E-state index in [1.165, 1.54) is 4.90 Å². The summed E-state index contributed by atoms with van der Waals surface area (Å²) in [6, 6.07) is 9.44.